The van der Waals surface area contributed by atoms with E-state index in [1.165, 1.54) is 0 Å². The van der Waals surface area contributed by atoms with Crippen molar-refractivity contribution in [1.82, 2.24) is 5.32 Å². The van der Waals surface area contributed by atoms with Crippen molar-refractivity contribution in [2.75, 3.05) is 11.4 Å². The second kappa shape index (κ2) is 4.35. The summed E-state index contributed by atoms with van der Waals surface area (Å²) < 4.78 is 0.948. The van der Waals surface area contributed by atoms with Gasteiger partial charge in [0.25, 0.3) is 0 Å². The highest BCUT2D eigenvalue weighted by molar-refractivity contribution is 9.10. The number of amides is 1. The van der Waals surface area contributed by atoms with Gasteiger partial charge in [-0.3, -0.25) is 4.79 Å². The van der Waals surface area contributed by atoms with E-state index in [1.54, 1.807) is 0 Å². The van der Waals surface area contributed by atoms with Gasteiger partial charge in [-0.1, -0.05) is 12.1 Å². The predicted molar refractivity (Wildman–Crippen MR) is 77.8 cm³/mol. The zero-order chi connectivity index (χ0) is 13.6. The van der Waals surface area contributed by atoms with Crippen LogP contribution in [0.3, 0.4) is 0 Å². The first-order valence-corrected chi connectivity index (χ1v) is 6.89. The third-order valence-corrected chi connectivity index (χ3v) is 4.07. The number of nitrogens with one attached hydrogen (secondary N) is 1. The number of benzene rings is 1. The van der Waals surface area contributed by atoms with Gasteiger partial charge in [0.2, 0.25) is 5.91 Å². The van der Waals surface area contributed by atoms with E-state index < -0.39 is 5.54 Å². The fourth-order valence-corrected chi connectivity index (χ4v) is 2.68. The fraction of sp³-hybridized carbons (Fsp3) is 0.500. The molecule has 98 valence electrons. The lowest BCUT2D eigenvalue weighted by molar-refractivity contribution is -0.126. The minimum atomic E-state index is -0.523. The molecule has 0 aromatic heterocycles. The minimum absolute atomic E-state index is 0.102. The Morgan fingerprint density at radius 2 is 1.83 bits per heavy atom. The summed E-state index contributed by atoms with van der Waals surface area (Å²) in [6.07, 6.45) is 0. The molecule has 1 N–H and O–H groups in total. The summed E-state index contributed by atoms with van der Waals surface area (Å²) in [5.41, 5.74) is 0.170. The molecule has 1 fully saturated rings. The Morgan fingerprint density at radius 1 is 1.22 bits per heavy atom. The van der Waals surface area contributed by atoms with Crippen LogP contribution in [-0.2, 0) is 4.79 Å². The first-order valence-electron chi connectivity index (χ1n) is 6.10. The van der Waals surface area contributed by atoms with Crippen LogP contribution in [0.4, 0.5) is 5.69 Å². The summed E-state index contributed by atoms with van der Waals surface area (Å²) in [5, 5.41) is 3.31. The molecule has 1 aromatic carbocycles. The van der Waals surface area contributed by atoms with Gasteiger partial charge in [-0.15, -0.1) is 0 Å². The van der Waals surface area contributed by atoms with E-state index in [0.717, 1.165) is 16.7 Å². The van der Waals surface area contributed by atoms with E-state index >= 15 is 0 Å². The number of piperazine rings is 1. The van der Waals surface area contributed by atoms with E-state index in [9.17, 15) is 4.79 Å². The number of rotatable bonds is 1. The number of halogens is 1. The Morgan fingerprint density at radius 3 is 2.44 bits per heavy atom. The molecule has 1 aliphatic rings. The smallest absolute Gasteiger partial charge is 0.247 e. The number of para-hydroxylation sites is 1. The van der Waals surface area contributed by atoms with Gasteiger partial charge >= 0.3 is 0 Å². The topological polar surface area (TPSA) is 32.3 Å². The Kier molecular flexibility index (Phi) is 3.28. The maximum Gasteiger partial charge on any atom is 0.247 e. The number of nitrogens with zero attached hydrogens (tertiary/aromatic N) is 1. The summed E-state index contributed by atoms with van der Waals surface area (Å²) in [6, 6.07) is 7.86. The van der Waals surface area contributed by atoms with Crippen molar-refractivity contribution in [1.29, 1.82) is 0 Å². The Labute approximate surface area is 117 Å². The molecule has 0 aliphatic carbocycles. The summed E-state index contributed by atoms with van der Waals surface area (Å²) in [6.45, 7) is 8.77. The molecule has 18 heavy (non-hydrogen) atoms. The molecule has 0 radical (unpaired) electrons. The lowest BCUT2D eigenvalue weighted by Gasteiger charge is -2.49. The van der Waals surface area contributed by atoms with Crippen LogP contribution in [0.1, 0.15) is 27.7 Å². The molecule has 0 atom stereocenters. The summed E-state index contributed by atoms with van der Waals surface area (Å²) in [4.78, 5) is 14.6. The van der Waals surface area contributed by atoms with Gasteiger partial charge in [-0.05, 0) is 55.8 Å². The van der Waals surface area contributed by atoms with Crippen LogP contribution in [0.2, 0.25) is 0 Å². The average Bonchev–Trinajstić information content (AvgIpc) is 2.28. The van der Waals surface area contributed by atoms with Crippen LogP contribution in [-0.4, -0.2) is 23.5 Å². The largest absolute Gasteiger partial charge is 0.303 e. The van der Waals surface area contributed by atoms with Crippen molar-refractivity contribution in [2.24, 2.45) is 0 Å². The molecule has 0 spiro atoms. The Bertz CT molecular complexity index is 482. The number of hydrogen-bond donors (Lipinski definition) is 1. The van der Waals surface area contributed by atoms with Crippen molar-refractivity contribution in [3.05, 3.63) is 28.7 Å². The summed E-state index contributed by atoms with van der Waals surface area (Å²) >= 11 is 3.53. The molecule has 2 rings (SSSR count). The van der Waals surface area contributed by atoms with Crippen molar-refractivity contribution >= 4 is 27.5 Å². The van der Waals surface area contributed by atoms with Crippen molar-refractivity contribution in [3.63, 3.8) is 0 Å². The maximum absolute atomic E-state index is 12.7. The first-order chi connectivity index (χ1) is 8.26. The standard InChI is InChI=1S/C14H19BrN2O/c1-13(2)9-16-14(3,4)12(18)17(13)11-8-6-5-7-10(11)15/h5-8,16H,9H2,1-4H3. The Hall–Kier alpha value is -0.870. The van der Waals surface area contributed by atoms with E-state index in [2.05, 4.69) is 35.1 Å². The normalized spacial score (nSPS) is 22.1. The van der Waals surface area contributed by atoms with Crippen LogP contribution in [0.5, 0.6) is 0 Å². The fourth-order valence-electron chi connectivity index (χ4n) is 2.21. The third kappa shape index (κ3) is 2.19. The highest BCUT2D eigenvalue weighted by Gasteiger charge is 2.45. The summed E-state index contributed by atoms with van der Waals surface area (Å²) in [7, 11) is 0. The SMILES string of the molecule is CC1(C)NCC(C)(C)N(c2ccccc2Br)C1=O. The first kappa shape index (κ1) is 13.6. The molecule has 0 saturated carbocycles. The van der Waals surface area contributed by atoms with E-state index in [4.69, 9.17) is 0 Å². The van der Waals surface area contributed by atoms with E-state index in [1.807, 2.05) is 43.0 Å². The lowest BCUT2D eigenvalue weighted by Crippen LogP contribution is -2.69. The molecular formula is C14H19BrN2O. The van der Waals surface area contributed by atoms with Crippen LogP contribution >= 0.6 is 15.9 Å². The molecule has 1 amide bonds. The monoisotopic (exact) mass is 310 g/mol. The molecule has 0 bridgehead atoms. The second-order valence-corrected chi connectivity index (χ2v) is 6.74. The molecule has 1 saturated heterocycles. The number of carbonyl (C=O) groups is 1. The maximum atomic E-state index is 12.7. The number of carbonyl (C=O) groups excluding carboxylic acids is 1. The summed E-state index contributed by atoms with van der Waals surface area (Å²) in [5.74, 6) is 0.102. The molecule has 1 heterocycles. The van der Waals surface area contributed by atoms with Crippen LogP contribution in [0, 0.1) is 0 Å². The van der Waals surface area contributed by atoms with Crippen LogP contribution < -0.4 is 10.2 Å². The molecule has 0 unspecified atom stereocenters. The van der Waals surface area contributed by atoms with Crippen molar-refractivity contribution < 1.29 is 4.79 Å². The highest BCUT2D eigenvalue weighted by Crippen LogP contribution is 2.35. The molecular weight excluding hydrogens is 292 g/mol. The zero-order valence-corrected chi connectivity index (χ0v) is 12.8. The zero-order valence-electron chi connectivity index (χ0n) is 11.2. The molecule has 1 aromatic rings. The lowest BCUT2D eigenvalue weighted by atomic mass is 9.90. The molecule has 1 aliphatic heterocycles. The van der Waals surface area contributed by atoms with Gasteiger partial charge in [0, 0.05) is 11.0 Å². The number of hydrogen-bond acceptors (Lipinski definition) is 2. The van der Waals surface area contributed by atoms with Crippen LogP contribution in [0.25, 0.3) is 0 Å². The Balaban J connectivity index is 2.51. The number of anilines is 1. The average molecular weight is 311 g/mol. The van der Waals surface area contributed by atoms with Crippen molar-refractivity contribution in [3.8, 4) is 0 Å². The predicted octanol–water partition coefficient (Wildman–Crippen LogP) is 2.94. The van der Waals surface area contributed by atoms with Gasteiger partial charge in [-0.25, -0.2) is 0 Å². The quantitative estimate of drug-likeness (QED) is 0.865. The second-order valence-electron chi connectivity index (χ2n) is 5.88. The molecule has 3 nitrogen and oxygen atoms in total. The van der Waals surface area contributed by atoms with Gasteiger partial charge in [0.15, 0.2) is 0 Å². The minimum Gasteiger partial charge on any atom is -0.303 e. The van der Waals surface area contributed by atoms with Gasteiger partial charge in [0.1, 0.15) is 0 Å². The highest BCUT2D eigenvalue weighted by atomic mass is 79.9. The molecule has 4 heteroatoms. The van der Waals surface area contributed by atoms with E-state index in [-0.39, 0.29) is 11.4 Å². The van der Waals surface area contributed by atoms with Crippen molar-refractivity contribution in [2.45, 2.75) is 38.8 Å². The van der Waals surface area contributed by atoms with Gasteiger partial charge in [0.05, 0.1) is 16.8 Å². The van der Waals surface area contributed by atoms with E-state index in [0.29, 0.717) is 0 Å². The third-order valence-electron chi connectivity index (χ3n) is 3.40. The van der Waals surface area contributed by atoms with Crippen LogP contribution in [0.15, 0.2) is 28.7 Å². The van der Waals surface area contributed by atoms with Gasteiger partial charge < -0.3 is 10.2 Å². The van der Waals surface area contributed by atoms with Gasteiger partial charge in [-0.2, -0.15) is 0 Å².